The lowest BCUT2D eigenvalue weighted by Gasteiger charge is -2.26. The third-order valence-corrected chi connectivity index (χ3v) is 14.6. The minimum atomic E-state index is 1.09. The number of rotatable bonds is 6. The molecular weight excluding hydrogens is 809 g/mol. The van der Waals surface area contributed by atoms with Crippen LogP contribution in [0.1, 0.15) is 0 Å². The lowest BCUT2D eigenvalue weighted by molar-refractivity contribution is 1.17. The summed E-state index contributed by atoms with van der Waals surface area (Å²) >= 11 is 1.90. The number of aromatic nitrogens is 3. The Morgan fingerprint density at radius 3 is 1.26 bits per heavy atom. The van der Waals surface area contributed by atoms with Crippen molar-refractivity contribution in [1.82, 2.24) is 13.7 Å². The molecule has 0 amide bonds. The van der Waals surface area contributed by atoms with Crippen molar-refractivity contribution in [2.75, 3.05) is 4.90 Å². The molecule has 0 saturated carbocycles. The van der Waals surface area contributed by atoms with E-state index in [1.54, 1.807) is 0 Å². The first-order valence-electron chi connectivity index (χ1n) is 22.2. The zero-order valence-corrected chi connectivity index (χ0v) is 36.0. The molecule has 0 aliphatic heterocycles. The first-order valence-corrected chi connectivity index (χ1v) is 23.0. The highest BCUT2D eigenvalue weighted by atomic mass is 32.1. The maximum Gasteiger partial charge on any atom is 0.0562 e. The van der Waals surface area contributed by atoms with E-state index in [4.69, 9.17) is 0 Å². The normalized spacial score (nSPS) is 12.0. The molecule has 65 heavy (non-hydrogen) atoms. The second kappa shape index (κ2) is 14.1. The fourth-order valence-electron chi connectivity index (χ4n) is 10.6. The summed E-state index contributed by atoms with van der Waals surface area (Å²) in [5.41, 5.74) is 13.8. The predicted molar refractivity (Wildman–Crippen MR) is 277 cm³/mol. The molecule has 4 nitrogen and oxygen atoms in total. The Labute approximate surface area is 378 Å². The van der Waals surface area contributed by atoms with Crippen LogP contribution in [0.25, 0.3) is 103 Å². The van der Waals surface area contributed by atoms with Crippen LogP contribution >= 0.6 is 11.3 Å². The number of thiophene rings is 1. The quantitative estimate of drug-likeness (QED) is 0.163. The monoisotopic (exact) mass is 846 g/mol. The Balaban J connectivity index is 1.06. The van der Waals surface area contributed by atoms with E-state index in [1.165, 1.54) is 85.6 Å². The zero-order chi connectivity index (χ0) is 42.6. The highest BCUT2D eigenvalue weighted by Crippen LogP contribution is 2.47. The summed E-state index contributed by atoms with van der Waals surface area (Å²) in [6, 6.07) is 84.4. The average molecular weight is 847 g/mol. The van der Waals surface area contributed by atoms with E-state index in [9.17, 15) is 0 Å². The highest BCUT2D eigenvalue weighted by Gasteiger charge is 2.23. The summed E-state index contributed by atoms with van der Waals surface area (Å²) in [4.78, 5) is 2.46. The van der Waals surface area contributed by atoms with Gasteiger partial charge in [-0.15, -0.1) is 11.3 Å². The smallest absolute Gasteiger partial charge is 0.0562 e. The van der Waals surface area contributed by atoms with Gasteiger partial charge in [0.25, 0.3) is 0 Å². The summed E-state index contributed by atoms with van der Waals surface area (Å²) in [7, 11) is 0. The Morgan fingerprint density at radius 2 is 0.692 bits per heavy atom. The van der Waals surface area contributed by atoms with Crippen molar-refractivity contribution in [3.05, 3.63) is 231 Å². The molecule has 4 aromatic heterocycles. The van der Waals surface area contributed by atoms with Crippen molar-refractivity contribution in [1.29, 1.82) is 0 Å². The molecule has 0 fully saturated rings. The van der Waals surface area contributed by atoms with E-state index in [0.29, 0.717) is 0 Å². The second-order valence-electron chi connectivity index (χ2n) is 16.9. The molecule has 0 atom stereocenters. The van der Waals surface area contributed by atoms with Crippen LogP contribution in [-0.2, 0) is 0 Å². The van der Waals surface area contributed by atoms with Crippen LogP contribution in [0.3, 0.4) is 0 Å². The lowest BCUT2D eigenvalue weighted by Crippen LogP contribution is -2.10. The molecule has 0 radical (unpaired) electrons. The molecule has 14 rings (SSSR count). The van der Waals surface area contributed by atoms with Gasteiger partial charge in [-0.1, -0.05) is 121 Å². The predicted octanol–water partition coefficient (Wildman–Crippen LogP) is 16.8. The second-order valence-corrected chi connectivity index (χ2v) is 18.0. The van der Waals surface area contributed by atoms with Gasteiger partial charge in [0.15, 0.2) is 0 Å². The van der Waals surface area contributed by atoms with Gasteiger partial charge in [-0.2, -0.15) is 0 Å². The molecule has 10 aromatic carbocycles. The summed E-state index contributed by atoms with van der Waals surface area (Å²) in [5, 5.41) is 10.0. The molecular formula is C60H38N4S. The number of para-hydroxylation sites is 5. The molecule has 14 aromatic rings. The van der Waals surface area contributed by atoms with E-state index in [0.717, 1.165) is 34.1 Å². The van der Waals surface area contributed by atoms with Crippen LogP contribution in [-0.4, -0.2) is 13.7 Å². The number of fused-ring (bicyclic) bond motifs is 13. The molecule has 0 bridgehead atoms. The van der Waals surface area contributed by atoms with Gasteiger partial charge >= 0.3 is 0 Å². The summed E-state index contributed by atoms with van der Waals surface area (Å²) < 4.78 is 9.88. The van der Waals surface area contributed by atoms with Crippen molar-refractivity contribution in [2.45, 2.75) is 0 Å². The van der Waals surface area contributed by atoms with E-state index in [1.807, 2.05) is 11.3 Å². The van der Waals surface area contributed by atoms with E-state index in [2.05, 4.69) is 249 Å². The number of nitrogens with zero attached hydrogens (tertiary/aromatic N) is 4. The zero-order valence-electron chi connectivity index (χ0n) is 35.1. The molecule has 0 saturated heterocycles. The molecule has 0 aliphatic rings. The van der Waals surface area contributed by atoms with Gasteiger partial charge in [-0.25, -0.2) is 0 Å². The standard InChI is InChI=1S/C60H38N4S/c1-4-16-39(17-5-1)62-52-25-13-10-22-45(52)50-36-42(29-33-54(50)62)61(43-30-34-55-51(37-43)46-23-11-14-26-53(46)63(55)40-18-6-2-7-19-40)44-28-31-49-57(38-44)64(41-20-8-3-9-21-41)56-35-32-48-47-24-12-15-27-58(47)65-60(48)59(49)56/h1-38H. The van der Waals surface area contributed by atoms with E-state index >= 15 is 0 Å². The number of anilines is 3. The highest BCUT2D eigenvalue weighted by molar-refractivity contribution is 7.26. The van der Waals surface area contributed by atoms with Crippen molar-refractivity contribution < 1.29 is 0 Å². The third kappa shape index (κ3) is 5.37. The fraction of sp³-hybridized carbons (Fsp3) is 0. The topological polar surface area (TPSA) is 18.0 Å². The maximum absolute atomic E-state index is 2.46. The minimum Gasteiger partial charge on any atom is -0.310 e. The Hall–Kier alpha value is -8.38. The van der Waals surface area contributed by atoms with Gasteiger partial charge < -0.3 is 18.6 Å². The van der Waals surface area contributed by atoms with Crippen LogP contribution in [0, 0.1) is 0 Å². The number of hydrogen-bond donors (Lipinski definition) is 0. The maximum atomic E-state index is 2.46. The largest absolute Gasteiger partial charge is 0.310 e. The van der Waals surface area contributed by atoms with E-state index < -0.39 is 0 Å². The molecule has 0 spiro atoms. The molecule has 0 unspecified atom stereocenters. The Morgan fingerprint density at radius 1 is 0.277 bits per heavy atom. The number of benzene rings is 10. The first kappa shape index (κ1) is 36.1. The molecule has 5 heteroatoms. The number of hydrogen-bond acceptors (Lipinski definition) is 2. The van der Waals surface area contributed by atoms with Gasteiger partial charge in [-0.05, 0) is 109 Å². The van der Waals surface area contributed by atoms with Crippen LogP contribution in [0.4, 0.5) is 17.1 Å². The molecule has 0 N–H and O–H groups in total. The van der Waals surface area contributed by atoms with Crippen molar-refractivity contribution >= 4 is 114 Å². The van der Waals surface area contributed by atoms with Crippen molar-refractivity contribution in [3.63, 3.8) is 0 Å². The minimum absolute atomic E-state index is 1.09. The SMILES string of the molecule is c1ccc(-n2c3ccccc3c3cc(N(c4ccc5c(c4)c4ccccc4n5-c4ccccc4)c4ccc5c6c7sc8ccccc8c7ccc6n(-c6ccccc6)c5c4)ccc32)cc1. The van der Waals surface area contributed by atoms with Crippen LogP contribution in [0.15, 0.2) is 231 Å². The van der Waals surface area contributed by atoms with E-state index in [-0.39, 0.29) is 0 Å². The van der Waals surface area contributed by atoms with Crippen molar-refractivity contribution in [3.8, 4) is 17.1 Å². The van der Waals surface area contributed by atoms with Crippen LogP contribution < -0.4 is 4.90 Å². The van der Waals surface area contributed by atoms with Gasteiger partial charge in [0.1, 0.15) is 0 Å². The molecule has 0 aliphatic carbocycles. The molecule has 304 valence electrons. The van der Waals surface area contributed by atoms with Crippen LogP contribution in [0.5, 0.6) is 0 Å². The Bertz CT molecular complexity index is 4020. The summed E-state index contributed by atoms with van der Waals surface area (Å²) in [6.45, 7) is 0. The van der Waals surface area contributed by atoms with Crippen LogP contribution in [0.2, 0.25) is 0 Å². The first-order chi connectivity index (χ1) is 32.3. The molecule has 4 heterocycles. The van der Waals surface area contributed by atoms with Crippen molar-refractivity contribution in [2.24, 2.45) is 0 Å². The van der Waals surface area contributed by atoms with Gasteiger partial charge in [0.05, 0.1) is 33.1 Å². The van der Waals surface area contributed by atoms with Gasteiger partial charge in [0, 0.05) is 86.6 Å². The Kier molecular flexibility index (Phi) is 7.82. The fourth-order valence-corrected chi connectivity index (χ4v) is 11.9. The van der Waals surface area contributed by atoms with Gasteiger partial charge in [0.2, 0.25) is 0 Å². The third-order valence-electron chi connectivity index (χ3n) is 13.4. The summed E-state index contributed by atoms with van der Waals surface area (Å²) in [6.07, 6.45) is 0. The lowest BCUT2D eigenvalue weighted by atomic mass is 10.1. The summed E-state index contributed by atoms with van der Waals surface area (Å²) in [5.74, 6) is 0. The average Bonchev–Trinajstić information content (AvgIpc) is 4.11. The van der Waals surface area contributed by atoms with Gasteiger partial charge in [-0.3, -0.25) is 0 Å².